The molecule has 8 nitrogen and oxygen atoms in total. The molecule has 1 aromatic rings. The highest BCUT2D eigenvalue weighted by atomic mass is 16.6. The fraction of sp³-hybridized carbons (Fsp3) is 0.400. The molecule has 0 radical (unpaired) electrons. The summed E-state index contributed by atoms with van der Waals surface area (Å²) in [5.41, 5.74) is 8.20. The number of hydrogen-bond donors (Lipinski definition) is 0. The van der Waals surface area contributed by atoms with E-state index in [4.69, 9.17) is 10.3 Å². The molecule has 0 saturated heterocycles. The highest BCUT2D eigenvalue weighted by Gasteiger charge is 2.28. The third-order valence-electron chi connectivity index (χ3n) is 2.87. The van der Waals surface area contributed by atoms with Crippen molar-refractivity contribution in [1.29, 1.82) is 0 Å². The summed E-state index contributed by atoms with van der Waals surface area (Å²) in [7, 11) is 0. The van der Waals surface area contributed by atoms with Gasteiger partial charge in [0.1, 0.15) is 11.6 Å². The van der Waals surface area contributed by atoms with Crippen LogP contribution in [0, 0.1) is 0 Å². The van der Waals surface area contributed by atoms with Gasteiger partial charge in [-0.1, -0.05) is 17.2 Å². The van der Waals surface area contributed by atoms with Crippen molar-refractivity contribution in [3.63, 3.8) is 0 Å². The van der Waals surface area contributed by atoms with Gasteiger partial charge in [-0.25, -0.2) is 4.79 Å². The number of azide groups is 1. The molecule has 0 fully saturated rings. The predicted molar refractivity (Wildman–Crippen MR) is 84.5 cm³/mol. The molecular weight excluding hydrogens is 300 g/mol. The van der Waals surface area contributed by atoms with Gasteiger partial charge in [-0.2, -0.15) is 0 Å². The highest BCUT2D eigenvalue weighted by molar-refractivity contribution is 5.96. The van der Waals surface area contributed by atoms with E-state index < -0.39 is 17.6 Å². The Morgan fingerprint density at radius 3 is 2.52 bits per heavy atom. The van der Waals surface area contributed by atoms with Crippen molar-refractivity contribution in [2.24, 2.45) is 5.11 Å². The van der Waals surface area contributed by atoms with Crippen LogP contribution in [-0.2, 0) is 14.3 Å². The van der Waals surface area contributed by atoms with Crippen LogP contribution in [0.1, 0.15) is 38.1 Å². The quantitative estimate of drug-likeness (QED) is 0.263. The first-order valence-electron chi connectivity index (χ1n) is 6.85. The molecule has 1 rings (SSSR count). The minimum atomic E-state index is -0.957. The molecule has 122 valence electrons. The largest absolute Gasteiger partial charge is 0.458 e. The molecule has 23 heavy (non-hydrogen) atoms. The zero-order valence-electron chi connectivity index (χ0n) is 13.4. The highest BCUT2D eigenvalue weighted by Crippen LogP contribution is 2.32. The molecule has 1 amide bonds. The standard InChI is InChI=1S/C15H18N4O4/c1-10(14(22)23-15(2,3)4)19(9-21)12-7-5-6-11(8-20)13(12)17-18-16/h5-10H,1-4H3. The molecular formula is C15H18N4O4. The molecule has 0 aliphatic rings. The number of aldehydes is 1. The molecule has 0 spiro atoms. The van der Waals surface area contributed by atoms with Crippen molar-refractivity contribution < 1.29 is 19.1 Å². The summed E-state index contributed by atoms with van der Waals surface area (Å²) in [4.78, 5) is 38.4. The van der Waals surface area contributed by atoms with Gasteiger partial charge >= 0.3 is 5.97 Å². The lowest BCUT2D eigenvalue weighted by Gasteiger charge is -2.28. The maximum absolute atomic E-state index is 12.2. The zero-order valence-corrected chi connectivity index (χ0v) is 13.4. The first-order valence-corrected chi connectivity index (χ1v) is 6.85. The van der Waals surface area contributed by atoms with E-state index in [9.17, 15) is 14.4 Å². The third-order valence-corrected chi connectivity index (χ3v) is 2.87. The second-order valence-electron chi connectivity index (χ2n) is 5.74. The number of nitrogens with zero attached hydrogens (tertiary/aromatic N) is 4. The smallest absolute Gasteiger partial charge is 0.329 e. The molecule has 0 N–H and O–H groups in total. The number of ether oxygens (including phenoxy) is 1. The molecule has 0 aliphatic carbocycles. The van der Waals surface area contributed by atoms with Crippen molar-refractivity contribution in [1.82, 2.24) is 0 Å². The van der Waals surface area contributed by atoms with E-state index in [0.29, 0.717) is 12.7 Å². The van der Waals surface area contributed by atoms with Crippen molar-refractivity contribution in [3.8, 4) is 0 Å². The van der Waals surface area contributed by atoms with E-state index in [2.05, 4.69) is 10.0 Å². The van der Waals surface area contributed by atoms with Gasteiger partial charge < -0.3 is 9.64 Å². The minimum Gasteiger partial charge on any atom is -0.458 e. The van der Waals surface area contributed by atoms with E-state index >= 15 is 0 Å². The van der Waals surface area contributed by atoms with Gasteiger partial charge in [-0.15, -0.1) is 0 Å². The van der Waals surface area contributed by atoms with Gasteiger partial charge in [0.2, 0.25) is 6.41 Å². The van der Waals surface area contributed by atoms with Crippen molar-refractivity contribution in [2.75, 3.05) is 4.90 Å². The third kappa shape index (κ3) is 4.55. The van der Waals surface area contributed by atoms with E-state index in [1.807, 2.05) is 0 Å². The van der Waals surface area contributed by atoms with Crippen LogP contribution in [-0.4, -0.2) is 30.3 Å². The second-order valence-corrected chi connectivity index (χ2v) is 5.74. The van der Waals surface area contributed by atoms with Crippen molar-refractivity contribution in [3.05, 3.63) is 34.2 Å². The van der Waals surface area contributed by atoms with Gasteiger partial charge in [-0.3, -0.25) is 9.59 Å². The Morgan fingerprint density at radius 2 is 2.04 bits per heavy atom. The molecule has 1 atom stereocenters. The maximum Gasteiger partial charge on any atom is 0.329 e. The number of rotatable bonds is 6. The number of hydrogen-bond acceptors (Lipinski definition) is 5. The van der Waals surface area contributed by atoms with Crippen LogP contribution in [0.4, 0.5) is 11.4 Å². The Bertz CT molecular complexity index is 660. The average molecular weight is 318 g/mol. The summed E-state index contributed by atoms with van der Waals surface area (Å²) in [6.45, 7) is 6.61. The van der Waals surface area contributed by atoms with Gasteiger partial charge in [0.05, 0.1) is 11.4 Å². The minimum absolute atomic E-state index is 0.0208. The fourth-order valence-electron chi connectivity index (χ4n) is 1.86. The summed E-state index contributed by atoms with van der Waals surface area (Å²) in [6, 6.07) is 3.49. The van der Waals surface area contributed by atoms with Crippen LogP contribution in [0.2, 0.25) is 0 Å². The van der Waals surface area contributed by atoms with Gasteiger partial charge in [0.15, 0.2) is 6.29 Å². The second kappa shape index (κ2) is 7.42. The summed E-state index contributed by atoms with van der Waals surface area (Å²) >= 11 is 0. The monoisotopic (exact) mass is 318 g/mol. The lowest BCUT2D eigenvalue weighted by Crippen LogP contribution is -2.42. The van der Waals surface area contributed by atoms with Crippen LogP contribution in [0.25, 0.3) is 10.4 Å². The summed E-state index contributed by atoms with van der Waals surface area (Å²) in [5.74, 6) is -0.618. The predicted octanol–water partition coefficient (Wildman–Crippen LogP) is 3.13. The summed E-state index contributed by atoms with van der Waals surface area (Å²) < 4.78 is 5.25. The molecule has 0 aromatic heterocycles. The molecule has 0 aliphatic heterocycles. The molecule has 8 heteroatoms. The molecule has 0 bridgehead atoms. The van der Waals surface area contributed by atoms with Crippen LogP contribution in [0.15, 0.2) is 23.3 Å². The zero-order chi connectivity index (χ0) is 17.6. The summed E-state index contributed by atoms with van der Waals surface area (Å²) in [6.07, 6.45) is 0.934. The van der Waals surface area contributed by atoms with Gasteiger partial charge in [0, 0.05) is 10.5 Å². The van der Waals surface area contributed by atoms with E-state index in [-0.39, 0.29) is 16.9 Å². The number of anilines is 1. The van der Waals surface area contributed by atoms with Crippen LogP contribution in [0.5, 0.6) is 0 Å². The molecule has 0 heterocycles. The Kier molecular flexibility index (Phi) is 5.87. The first kappa shape index (κ1) is 18.2. The van der Waals surface area contributed by atoms with Crippen molar-refractivity contribution >= 4 is 30.0 Å². The number of amides is 1. The Balaban J connectivity index is 3.30. The Labute approximate surface area is 133 Å². The fourth-order valence-corrected chi connectivity index (χ4v) is 1.86. The Morgan fingerprint density at radius 1 is 1.39 bits per heavy atom. The first-order chi connectivity index (χ1) is 10.7. The lowest BCUT2D eigenvalue weighted by atomic mass is 10.1. The van der Waals surface area contributed by atoms with Gasteiger partial charge in [-0.05, 0) is 39.3 Å². The van der Waals surface area contributed by atoms with Crippen LogP contribution < -0.4 is 4.90 Å². The van der Waals surface area contributed by atoms with Crippen LogP contribution >= 0.6 is 0 Å². The van der Waals surface area contributed by atoms with Gasteiger partial charge in [0.25, 0.3) is 0 Å². The number of carbonyl (C=O) groups excluding carboxylic acids is 3. The van der Waals surface area contributed by atoms with Crippen molar-refractivity contribution in [2.45, 2.75) is 39.3 Å². The molecule has 1 unspecified atom stereocenters. The van der Waals surface area contributed by atoms with E-state index in [1.54, 1.807) is 20.8 Å². The Hall–Kier alpha value is -2.86. The average Bonchev–Trinajstić information content (AvgIpc) is 2.47. The maximum atomic E-state index is 12.2. The topological polar surface area (TPSA) is 112 Å². The number of esters is 1. The van der Waals surface area contributed by atoms with E-state index in [0.717, 1.165) is 4.90 Å². The SMILES string of the molecule is CC(C(=O)OC(C)(C)C)N(C=O)c1cccc(C=O)c1N=[N+]=[N-]. The normalized spacial score (nSPS) is 11.8. The summed E-state index contributed by atoms with van der Waals surface area (Å²) in [5, 5.41) is 3.46. The van der Waals surface area contributed by atoms with Crippen LogP contribution in [0.3, 0.4) is 0 Å². The van der Waals surface area contributed by atoms with E-state index in [1.165, 1.54) is 25.1 Å². The number of carbonyl (C=O) groups is 3. The number of benzene rings is 1. The molecule has 1 aromatic carbocycles. The molecule has 0 saturated carbocycles. The lowest BCUT2D eigenvalue weighted by molar-refractivity contribution is -0.156.